The predicted octanol–water partition coefficient (Wildman–Crippen LogP) is 2.07. The van der Waals surface area contributed by atoms with E-state index in [1.165, 1.54) is 0 Å². The number of rotatable bonds is 7. The molecule has 0 spiro atoms. The second kappa shape index (κ2) is 7.50. The number of carbonyl (C=O) groups excluding carboxylic acids is 1. The fourth-order valence-electron chi connectivity index (χ4n) is 1.41. The van der Waals surface area contributed by atoms with Gasteiger partial charge in [0, 0.05) is 0 Å². The van der Waals surface area contributed by atoms with E-state index in [1.54, 1.807) is 25.3 Å². The summed E-state index contributed by atoms with van der Waals surface area (Å²) in [6.07, 6.45) is 1.23. The number of benzene rings is 1. The summed E-state index contributed by atoms with van der Waals surface area (Å²) in [4.78, 5) is 11.4. The fourth-order valence-corrected chi connectivity index (χ4v) is 1.41. The number of ether oxygens (including phenoxy) is 2. The molecule has 0 fully saturated rings. The highest BCUT2D eigenvalue weighted by Gasteiger charge is 2.10. The van der Waals surface area contributed by atoms with Crippen molar-refractivity contribution in [2.75, 3.05) is 7.11 Å². The zero-order valence-corrected chi connectivity index (χ0v) is 10.5. The first-order valence-electron chi connectivity index (χ1n) is 5.73. The average molecular weight is 250 g/mol. The molecule has 1 rings (SSSR count). The van der Waals surface area contributed by atoms with Crippen molar-refractivity contribution in [1.82, 2.24) is 0 Å². The molecule has 0 heterocycles. The molecular weight excluding hydrogens is 232 g/mol. The van der Waals surface area contributed by atoms with Crippen molar-refractivity contribution in [1.29, 1.82) is 0 Å². The van der Waals surface area contributed by atoms with Crippen LogP contribution in [0.5, 0.6) is 5.75 Å². The normalized spacial score (nSPS) is 11.7. The third-order valence-electron chi connectivity index (χ3n) is 2.40. The Labute approximate surface area is 107 Å². The SMILES string of the molecule is C=CC[C@H](O)CC(=O)OCc1ccc(OC)cc1. The average Bonchev–Trinajstić information content (AvgIpc) is 2.37. The molecular formula is C14H18O4. The molecule has 0 aliphatic carbocycles. The highest BCUT2D eigenvalue weighted by molar-refractivity contribution is 5.69. The molecule has 4 nitrogen and oxygen atoms in total. The zero-order valence-electron chi connectivity index (χ0n) is 10.5. The van der Waals surface area contributed by atoms with Gasteiger partial charge in [0.15, 0.2) is 0 Å². The van der Waals surface area contributed by atoms with Crippen molar-refractivity contribution in [3.63, 3.8) is 0 Å². The van der Waals surface area contributed by atoms with Gasteiger partial charge in [-0.25, -0.2) is 0 Å². The Kier molecular flexibility index (Phi) is 5.94. The van der Waals surface area contributed by atoms with Crippen LogP contribution in [0, 0.1) is 0 Å². The third-order valence-corrected chi connectivity index (χ3v) is 2.40. The monoisotopic (exact) mass is 250 g/mol. The van der Waals surface area contributed by atoms with Crippen molar-refractivity contribution < 1.29 is 19.4 Å². The maximum absolute atomic E-state index is 11.4. The van der Waals surface area contributed by atoms with Crippen molar-refractivity contribution in [3.8, 4) is 5.75 Å². The first-order chi connectivity index (χ1) is 8.65. The number of carbonyl (C=O) groups is 1. The molecule has 0 saturated carbocycles. The minimum Gasteiger partial charge on any atom is -0.497 e. The number of hydrogen-bond acceptors (Lipinski definition) is 4. The lowest BCUT2D eigenvalue weighted by Crippen LogP contribution is -2.14. The van der Waals surface area contributed by atoms with E-state index in [2.05, 4.69) is 6.58 Å². The Hall–Kier alpha value is -1.81. The van der Waals surface area contributed by atoms with Crippen LogP contribution >= 0.6 is 0 Å². The Morgan fingerprint density at radius 2 is 2.11 bits per heavy atom. The molecule has 0 saturated heterocycles. The number of methoxy groups -OCH3 is 1. The summed E-state index contributed by atoms with van der Waals surface area (Å²) in [6, 6.07) is 7.25. The molecule has 0 aliphatic rings. The molecule has 1 aromatic carbocycles. The van der Waals surface area contributed by atoms with Crippen LogP contribution in [0.4, 0.5) is 0 Å². The standard InChI is InChI=1S/C14H18O4/c1-3-4-12(15)9-14(16)18-10-11-5-7-13(17-2)8-6-11/h3,5-8,12,15H,1,4,9-10H2,2H3/t12-/m0/s1. The Bertz CT molecular complexity index is 383. The molecule has 1 atom stereocenters. The van der Waals surface area contributed by atoms with E-state index in [-0.39, 0.29) is 13.0 Å². The minimum atomic E-state index is -0.717. The Balaban J connectivity index is 2.35. The smallest absolute Gasteiger partial charge is 0.308 e. The van der Waals surface area contributed by atoms with Gasteiger partial charge >= 0.3 is 5.97 Å². The summed E-state index contributed by atoms with van der Waals surface area (Å²) in [7, 11) is 1.59. The van der Waals surface area contributed by atoms with Gasteiger partial charge in [0.05, 0.1) is 19.6 Å². The molecule has 1 aromatic rings. The number of hydrogen-bond donors (Lipinski definition) is 1. The van der Waals surface area contributed by atoms with Crippen LogP contribution in [0.15, 0.2) is 36.9 Å². The quantitative estimate of drug-likeness (QED) is 0.594. The topological polar surface area (TPSA) is 55.8 Å². The zero-order chi connectivity index (χ0) is 13.4. The van der Waals surface area contributed by atoms with Crippen LogP contribution in [-0.4, -0.2) is 24.3 Å². The van der Waals surface area contributed by atoms with E-state index in [1.807, 2.05) is 12.1 Å². The fraction of sp³-hybridized carbons (Fsp3) is 0.357. The van der Waals surface area contributed by atoms with Gasteiger partial charge in [-0.15, -0.1) is 6.58 Å². The van der Waals surface area contributed by atoms with Crippen LogP contribution < -0.4 is 4.74 Å². The van der Waals surface area contributed by atoms with Crippen LogP contribution in [0.3, 0.4) is 0 Å². The summed E-state index contributed by atoms with van der Waals surface area (Å²) in [5.41, 5.74) is 0.877. The van der Waals surface area contributed by atoms with Gasteiger partial charge in [-0.1, -0.05) is 18.2 Å². The number of aliphatic hydroxyl groups excluding tert-OH is 1. The van der Waals surface area contributed by atoms with E-state index in [4.69, 9.17) is 9.47 Å². The molecule has 4 heteroatoms. The molecule has 0 aromatic heterocycles. The summed E-state index contributed by atoms with van der Waals surface area (Å²) < 4.78 is 10.1. The predicted molar refractivity (Wildman–Crippen MR) is 68.2 cm³/mol. The van der Waals surface area contributed by atoms with Gasteiger partial charge in [-0.2, -0.15) is 0 Å². The lowest BCUT2D eigenvalue weighted by Gasteiger charge is -2.08. The maximum Gasteiger partial charge on any atom is 0.308 e. The largest absolute Gasteiger partial charge is 0.497 e. The number of aliphatic hydroxyl groups is 1. The van der Waals surface area contributed by atoms with Crippen LogP contribution in [0.25, 0.3) is 0 Å². The van der Waals surface area contributed by atoms with Crippen molar-refractivity contribution in [2.24, 2.45) is 0 Å². The molecule has 0 aliphatic heterocycles. The van der Waals surface area contributed by atoms with Gasteiger partial charge in [-0.3, -0.25) is 4.79 Å². The van der Waals surface area contributed by atoms with Crippen molar-refractivity contribution in [3.05, 3.63) is 42.5 Å². The maximum atomic E-state index is 11.4. The highest BCUT2D eigenvalue weighted by atomic mass is 16.5. The molecule has 0 bridgehead atoms. The third kappa shape index (κ3) is 5.01. The van der Waals surface area contributed by atoms with Gasteiger partial charge in [0.2, 0.25) is 0 Å². The van der Waals surface area contributed by atoms with Gasteiger partial charge < -0.3 is 14.6 Å². The molecule has 0 radical (unpaired) electrons. The summed E-state index contributed by atoms with van der Waals surface area (Å²) >= 11 is 0. The van der Waals surface area contributed by atoms with Crippen LogP contribution in [0.1, 0.15) is 18.4 Å². The van der Waals surface area contributed by atoms with Crippen LogP contribution in [-0.2, 0) is 16.1 Å². The first kappa shape index (κ1) is 14.3. The van der Waals surface area contributed by atoms with Gasteiger partial charge in [0.25, 0.3) is 0 Å². The molecule has 0 unspecified atom stereocenters. The molecule has 98 valence electrons. The van der Waals surface area contributed by atoms with E-state index in [0.717, 1.165) is 11.3 Å². The first-order valence-corrected chi connectivity index (χ1v) is 5.73. The molecule has 0 amide bonds. The van der Waals surface area contributed by atoms with E-state index < -0.39 is 12.1 Å². The Morgan fingerprint density at radius 1 is 1.44 bits per heavy atom. The second-order valence-electron chi connectivity index (χ2n) is 3.89. The van der Waals surface area contributed by atoms with Crippen molar-refractivity contribution >= 4 is 5.97 Å². The summed E-state index contributed by atoms with van der Waals surface area (Å²) in [5, 5.41) is 9.40. The minimum absolute atomic E-state index is 0.0117. The molecule has 18 heavy (non-hydrogen) atoms. The van der Waals surface area contributed by atoms with E-state index in [9.17, 15) is 9.90 Å². The van der Waals surface area contributed by atoms with E-state index >= 15 is 0 Å². The van der Waals surface area contributed by atoms with Gasteiger partial charge in [-0.05, 0) is 24.1 Å². The van der Waals surface area contributed by atoms with Gasteiger partial charge in [0.1, 0.15) is 12.4 Å². The lowest BCUT2D eigenvalue weighted by atomic mass is 10.2. The summed E-state index contributed by atoms with van der Waals surface area (Å²) in [5.74, 6) is 0.339. The number of esters is 1. The van der Waals surface area contributed by atoms with E-state index in [0.29, 0.717) is 6.42 Å². The Morgan fingerprint density at radius 3 is 2.67 bits per heavy atom. The van der Waals surface area contributed by atoms with Crippen LogP contribution in [0.2, 0.25) is 0 Å². The molecule has 1 N–H and O–H groups in total. The highest BCUT2D eigenvalue weighted by Crippen LogP contribution is 2.12. The van der Waals surface area contributed by atoms with Crippen molar-refractivity contribution in [2.45, 2.75) is 25.6 Å². The second-order valence-corrected chi connectivity index (χ2v) is 3.89. The lowest BCUT2D eigenvalue weighted by molar-refractivity contribution is -0.147. The summed E-state index contributed by atoms with van der Waals surface area (Å²) in [6.45, 7) is 3.69.